The molecule has 0 saturated carbocycles. The molecule has 1 aromatic rings. The predicted octanol–water partition coefficient (Wildman–Crippen LogP) is 2.31. The van der Waals surface area contributed by atoms with Crippen LogP contribution in [0.3, 0.4) is 0 Å². The van der Waals surface area contributed by atoms with Gasteiger partial charge in [0, 0.05) is 30.8 Å². The van der Waals surface area contributed by atoms with Crippen LogP contribution in [0.1, 0.15) is 35.7 Å². The Morgan fingerprint density at radius 2 is 2.12 bits per heavy atom. The van der Waals surface area contributed by atoms with Crippen LogP contribution in [0.25, 0.3) is 0 Å². The smallest absolute Gasteiger partial charge is 0.308 e. The molecule has 0 radical (unpaired) electrons. The Balaban J connectivity index is 2.11. The number of piperidine rings is 1. The Labute approximate surface area is 146 Å². The maximum Gasteiger partial charge on any atom is 0.308 e. The largest absolute Gasteiger partial charge is 0.481 e. The Kier molecular flexibility index (Phi) is 6.90. The van der Waals surface area contributed by atoms with Gasteiger partial charge in [-0.3, -0.25) is 9.59 Å². The van der Waals surface area contributed by atoms with E-state index in [1.165, 1.54) is 18.2 Å². The van der Waals surface area contributed by atoms with Crippen molar-refractivity contribution in [3.63, 3.8) is 0 Å². The van der Waals surface area contributed by atoms with Crippen LogP contribution in [0.15, 0.2) is 18.2 Å². The predicted molar refractivity (Wildman–Crippen MR) is 88.8 cm³/mol. The van der Waals surface area contributed by atoms with Crippen molar-refractivity contribution in [2.24, 2.45) is 5.92 Å². The average Bonchev–Trinajstić information content (AvgIpc) is 2.59. The first-order valence-electron chi connectivity index (χ1n) is 8.34. The minimum Gasteiger partial charge on any atom is -0.481 e. The van der Waals surface area contributed by atoms with E-state index in [4.69, 9.17) is 9.47 Å². The first-order valence-corrected chi connectivity index (χ1v) is 8.34. The van der Waals surface area contributed by atoms with Crippen LogP contribution in [0, 0.1) is 11.7 Å². The second-order valence-corrected chi connectivity index (χ2v) is 6.18. The molecule has 6 nitrogen and oxygen atoms in total. The molecule has 1 N–H and O–H groups in total. The van der Waals surface area contributed by atoms with Gasteiger partial charge in [-0.2, -0.15) is 0 Å². The van der Waals surface area contributed by atoms with E-state index < -0.39 is 23.7 Å². The average molecular weight is 353 g/mol. The van der Waals surface area contributed by atoms with Crippen molar-refractivity contribution in [1.82, 2.24) is 4.90 Å². The highest BCUT2D eigenvalue weighted by Gasteiger charge is 2.35. The maximum atomic E-state index is 13.9. The zero-order valence-corrected chi connectivity index (χ0v) is 14.5. The van der Waals surface area contributed by atoms with Gasteiger partial charge < -0.3 is 19.5 Å². The SMILES string of the molecule is COCCOCc1cc(C(=O)N2CCC[C@H](C(=O)O)[C@@H]2C)ccc1F. The number of hydrogen-bond donors (Lipinski definition) is 1. The molecule has 1 amide bonds. The van der Waals surface area contributed by atoms with Crippen molar-refractivity contribution in [1.29, 1.82) is 0 Å². The van der Waals surface area contributed by atoms with Crippen molar-refractivity contribution in [3.8, 4) is 0 Å². The van der Waals surface area contributed by atoms with E-state index in [2.05, 4.69) is 0 Å². The maximum absolute atomic E-state index is 13.9. The summed E-state index contributed by atoms with van der Waals surface area (Å²) in [6, 6.07) is 3.74. The number of carboxylic acids is 1. The van der Waals surface area contributed by atoms with Crippen molar-refractivity contribution >= 4 is 11.9 Å². The summed E-state index contributed by atoms with van der Waals surface area (Å²) in [5.74, 6) is -2.19. The summed E-state index contributed by atoms with van der Waals surface area (Å²) in [6.07, 6.45) is 1.20. The Morgan fingerprint density at radius 1 is 1.36 bits per heavy atom. The number of benzene rings is 1. The third-order valence-electron chi connectivity index (χ3n) is 4.55. The lowest BCUT2D eigenvalue weighted by atomic mass is 9.89. The van der Waals surface area contributed by atoms with E-state index in [0.717, 1.165) is 0 Å². The molecule has 1 aliphatic rings. The zero-order valence-electron chi connectivity index (χ0n) is 14.5. The fourth-order valence-electron chi connectivity index (χ4n) is 3.07. The lowest BCUT2D eigenvalue weighted by Gasteiger charge is -2.37. The highest BCUT2D eigenvalue weighted by Crippen LogP contribution is 2.26. The van der Waals surface area contributed by atoms with Gasteiger partial charge in [0.1, 0.15) is 5.82 Å². The molecule has 1 aliphatic heterocycles. The molecule has 2 atom stereocenters. The molecule has 25 heavy (non-hydrogen) atoms. The fraction of sp³-hybridized carbons (Fsp3) is 0.556. The van der Waals surface area contributed by atoms with E-state index in [9.17, 15) is 19.1 Å². The van der Waals surface area contributed by atoms with Crippen molar-refractivity contribution < 1.29 is 28.6 Å². The Bertz CT molecular complexity index is 621. The highest BCUT2D eigenvalue weighted by atomic mass is 19.1. The van der Waals surface area contributed by atoms with E-state index in [0.29, 0.717) is 43.7 Å². The monoisotopic (exact) mass is 353 g/mol. The normalized spacial score (nSPS) is 20.5. The van der Waals surface area contributed by atoms with Crippen LogP contribution < -0.4 is 0 Å². The minimum absolute atomic E-state index is 0.0453. The number of methoxy groups -OCH3 is 1. The van der Waals surface area contributed by atoms with Crippen molar-refractivity contribution in [3.05, 3.63) is 35.1 Å². The zero-order chi connectivity index (χ0) is 18.4. The molecule has 0 bridgehead atoms. The van der Waals surface area contributed by atoms with E-state index in [1.807, 2.05) is 0 Å². The van der Waals surface area contributed by atoms with Gasteiger partial charge in [0.2, 0.25) is 0 Å². The van der Waals surface area contributed by atoms with Gasteiger partial charge in [0.25, 0.3) is 5.91 Å². The summed E-state index contributed by atoms with van der Waals surface area (Å²) in [5, 5.41) is 9.29. The molecule has 0 aliphatic carbocycles. The summed E-state index contributed by atoms with van der Waals surface area (Å²) in [6.45, 7) is 3.03. The fourth-order valence-corrected chi connectivity index (χ4v) is 3.07. The molecule has 7 heteroatoms. The van der Waals surface area contributed by atoms with Crippen LogP contribution in [0.5, 0.6) is 0 Å². The summed E-state index contributed by atoms with van der Waals surface area (Å²) < 4.78 is 24.1. The Morgan fingerprint density at radius 3 is 2.80 bits per heavy atom. The van der Waals surface area contributed by atoms with Crippen molar-refractivity contribution in [2.45, 2.75) is 32.4 Å². The molecule has 138 valence electrons. The van der Waals surface area contributed by atoms with Gasteiger partial charge in [-0.05, 0) is 38.0 Å². The van der Waals surface area contributed by atoms with E-state index in [1.54, 1.807) is 18.9 Å². The molecule has 0 unspecified atom stereocenters. The van der Waals surface area contributed by atoms with Gasteiger partial charge in [-0.15, -0.1) is 0 Å². The number of carboxylic acid groups (broad SMARTS) is 1. The van der Waals surface area contributed by atoms with Gasteiger partial charge in [0.15, 0.2) is 0 Å². The van der Waals surface area contributed by atoms with Crippen LogP contribution in [-0.4, -0.2) is 54.8 Å². The molecular weight excluding hydrogens is 329 g/mol. The lowest BCUT2D eigenvalue weighted by Crippen LogP contribution is -2.49. The number of amides is 1. The summed E-state index contributed by atoms with van der Waals surface area (Å²) in [7, 11) is 1.55. The number of carbonyl (C=O) groups excluding carboxylic acids is 1. The Hall–Kier alpha value is -1.99. The molecule has 1 saturated heterocycles. The molecular formula is C18H24FNO5. The van der Waals surface area contributed by atoms with Gasteiger partial charge >= 0.3 is 5.97 Å². The van der Waals surface area contributed by atoms with Gasteiger partial charge in [-0.1, -0.05) is 0 Å². The summed E-state index contributed by atoms with van der Waals surface area (Å²) >= 11 is 0. The minimum atomic E-state index is -0.892. The second kappa shape index (κ2) is 8.92. The summed E-state index contributed by atoms with van der Waals surface area (Å²) in [4.78, 5) is 25.7. The molecule has 1 heterocycles. The van der Waals surface area contributed by atoms with E-state index >= 15 is 0 Å². The van der Waals surface area contributed by atoms with Crippen LogP contribution >= 0.6 is 0 Å². The van der Waals surface area contributed by atoms with Crippen LogP contribution in [0.2, 0.25) is 0 Å². The topological polar surface area (TPSA) is 76.1 Å². The molecule has 0 aromatic heterocycles. The standard InChI is InChI=1S/C18H24FNO5/c1-12-15(18(22)23)4-3-7-20(12)17(21)13-5-6-16(19)14(10-13)11-25-9-8-24-2/h5-6,10,12,15H,3-4,7-9,11H2,1-2H3,(H,22,23)/t12-,15-/m0/s1. The number of hydrogen-bond acceptors (Lipinski definition) is 4. The highest BCUT2D eigenvalue weighted by molar-refractivity contribution is 5.95. The summed E-state index contributed by atoms with van der Waals surface area (Å²) in [5.41, 5.74) is 0.631. The van der Waals surface area contributed by atoms with Gasteiger partial charge in [0.05, 0.1) is 25.7 Å². The quantitative estimate of drug-likeness (QED) is 0.762. The van der Waals surface area contributed by atoms with Crippen LogP contribution in [-0.2, 0) is 20.9 Å². The number of carbonyl (C=O) groups is 2. The first-order chi connectivity index (χ1) is 12.0. The first kappa shape index (κ1) is 19.3. The number of likely N-dealkylation sites (tertiary alicyclic amines) is 1. The molecule has 2 rings (SSSR count). The third-order valence-corrected chi connectivity index (χ3v) is 4.55. The third kappa shape index (κ3) is 4.76. The van der Waals surface area contributed by atoms with Crippen molar-refractivity contribution in [2.75, 3.05) is 26.9 Å². The second-order valence-electron chi connectivity index (χ2n) is 6.18. The molecule has 1 fully saturated rings. The van der Waals surface area contributed by atoms with Gasteiger partial charge in [-0.25, -0.2) is 4.39 Å². The number of nitrogens with zero attached hydrogens (tertiary/aromatic N) is 1. The number of ether oxygens (including phenoxy) is 2. The molecule has 1 aromatic carbocycles. The number of halogens is 1. The van der Waals surface area contributed by atoms with Crippen LogP contribution in [0.4, 0.5) is 4.39 Å². The van der Waals surface area contributed by atoms with E-state index in [-0.39, 0.29) is 12.5 Å². The number of rotatable bonds is 7. The molecule has 0 spiro atoms. The lowest BCUT2D eigenvalue weighted by molar-refractivity contribution is -0.144. The number of aliphatic carboxylic acids is 1.